The molecule has 3 N–H and O–H groups in total. The lowest BCUT2D eigenvalue weighted by molar-refractivity contribution is -0.124. The molecule has 0 saturated heterocycles. The zero-order valence-electron chi connectivity index (χ0n) is 10.1. The molecular weight excluding hydrogens is 216 g/mol. The predicted molar refractivity (Wildman–Crippen MR) is 65.0 cm³/mol. The Hall–Kier alpha value is -1.62. The number of nitrogens with two attached hydrogens (primary N) is 1. The highest BCUT2D eigenvalue weighted by Crippen LogP contribution is 2.18. The Morgan fingerprint density at radius 3 is 2.94 bits per heavy atom. The van der Waals surface area contributed by atoms with E-state index in [4.69, 9.17) is 5.73 Å². The Morgan fingerprint density at radius 2 is 2.41 bits per heavy atom. The maximum Gasteiger partial charge on any atom is 0.227 e. The summed E-state index contributed by atoms with van der Waals surface area (Å²) >= 11 is 0. The van der Waals surface area contributed by atoms with Gasteiger partial charge in [0.1, 0.15) is 0 Å². The second kappa shape index (κ2) is 4.71. The van der Waals surface area contributed by atoms with Crippen LogP contribution in [0.3, 0.4) is 0 Å². The molecule has 0 spiro atoms. The van der Waals surface area contributed by atoms with Crippen molar-refractivity contribution < 1.29 is 4.79 Å². The third kappa shape index (κ3) is 2.74. The molecule has 92 valence electrons. The van der Waals surface area contributed by atoms with Gasteiger partial charge in [0.15, 0.2) is 0 Å². The SMILES string of the molecule is CC(NC(=O)C1C=CC(N)C1)c1cnn(C)c1. The molecule has 3 atom stereocenters. The molecule has 0 radical (unpaired) electrons. The normalized spacial score (nSPS) is 24.9. The molecule has 3 unspecified atom stereocenters. The van der Waals surface area contributed by atoms with Crippen LogP contribution in [0.5, 0.6) is 0 Å². The number of amides is 1. The molecule has 0 aromatic carbocycles. The Labute approximate surface area is 101 Å². The van der Waals surface area contributed by atoms with Crippen molar-refractivity contribution in [3.63, 3.8) is 0 Å². The maximum atomic E-state index is 11.9. The molecule has 0 aliphatic heterocycles. The molecule has 1 aliphatic carbocycles. The predicted octanol–water partition coefficient (Wildman–Crippen LogP) is 0.501. The molecular formula is C12H18N4O. The van der Waals surface area contributed by atoms with E-state index in [1.54, 1.807) is 10.9 Å². The van der Waals surface area contributed by atoms with Gasteiger partial charge in [-0.25, -0.2) is 0 Å². The van der Waals surface area contributed by atoms with Gasteiger partial charge in [-0.1, -0.05) is 12.2 Å². The standard InChI is InChI=1S/C12H18N4O/c1-8(10-6-14-16(2)7-10)15-12(17)9-3-4-11(13)5-9/h3-4,6-9,11H,5,13H2,1-2H3,(H,15,17). The van der Waals surface area contributed by atoms with Gasteiger partial charge in [-0.2, -0.15) is 5.10 Å². The zero-order chi connectivity index (χ0) is 12.4. The number of hydrogen-bond donors (Lipinski definition) is 2. The van der Waals surface area contributed by atoms with Crippen molar-refractivity contribution in [1.82, 2.24) is 15.1 Å². The lowest BCUT2D eigenvalue weighted by atomic mass is 10.1. The van der Waals surface area contributed by atoms with E-state index in [0.717, 1.165) is 5.56 Å². The van der Waals surface area contributed by atoms with E-state index in [-0.39, 0.29) is 23.9 Å². The van der Waals surface area contributed by atoms with E-state index in [1.807, 2.05) is 32.3 Å². The lowest BCUT2D eigenvalue weighted by Crippen LogP contribution is -2.32. The smallest absolute Gasteiger partial charge is 0.227 e. The molecule has 0 saturated carbocycles. The average Bonchev–Trinajstić information content (AvgIpc) is 2.87. The molecule has 0 fully saturated rings. The van der Waals surface area contributed by atoms with Crippen LogP contribution in [0, 0.1) is 5.92 Å². The van der Waals surface area contributed by atoms with Crippen LogP contribution in [0.2, 0.25) is 0 Å². The van der Waals surface area contributed by atoms with Crippen molar-refractivity contribution >= 4 is 5.91 Å². The van der Waals surface area contributed by atoms with Crippen LogP contribution in [-0.2, 0) is 11.8 Å². The highest BCUT2D eigenvalue weighted by Gasteiger charge is 2.24. The van der Waals surface area contributed by atoms with Crippen molar-refractivity contribution in [3.8, 4) is 0 Å². The van der Waals surface area contributed by atoms with E-state index in [1.165, 1.54) is 0 Å². The summed E-state index contributed by atoms with van der Waals surface area (Å²) in [4.78, 5) is 11.9. The van der Waals surface area contributed by atoms with Gasteiger partial charge in [0, 0.05) is 24.8 Å². The third-order valence-electron chi connectivity index (χ3n) is 3.04. The largest absolute Gasteiger partial charge is 0.349 e. The second-order valence-corrected chi connectivity index (χ2v) is 4.57. The first-order chi connectivity index (χ1) is 8.06. The zero-order valence-corrected chi connectivity index (χ0v) is 10.1. The Morgan fingerprint density at radius 1 is 1.65 bits per heavy atom. The number of carbonyl (C=O) groups is 1. The van der Waals surface area contributed by atoms with Gasteiger partial charge < -0.3 is 11.1 Å². The summed E-state index contributed by atoms with van der Waals surface area (Å²) in [6, 6.07) is -0.0131. The highest BCUT2D eigenvalue weighted by atomic mass is 16.1. The summed E-state index contributed by atoms with van der Waals surface area (Å²) < 4.78 is 1.73. The fourth-order valence-electron chi connectivity index (χ4n) is 1.99. The molecule has 1 aromatic heterocycles. The van der Waals surface area contributed by atoms with E-state index in [9.17, 15) is 4.79 Å². The molecule has 5 nitrogen and oxygen atoms in total. The van der Waals surface area contributed by atoms with Gasteiger partial charge >= 0.3 is 0 Å². The summed E-state index contributed by atoms with van der Waals surface area (Å²) in [6.45, 7) is 1.95. The Bertz CT molecular complexity index is 437. The number of aryl methyl sites for hydroxylation is 1. The summed E-state index contributed by atoms with van der Waals surface area (Å²) in [6.07, 6.45) is 8.14. The molecule has 17 heavy (non-hydrogen) atoms. The van der Waals surface area contributed by atoms with Crippen molar-refractivity contribution in [2.45, 2.75) is 25.4 Å². The fraction of sp³-hybridized carbons (Fsp3) is 0.500. The first kappa shape index (κ1) is 11.9. The molecule has 1 aliphatic rings. The van der Waals surface area contributed by atoms with Gasteiger partial charge in [0.05, 0.1) is 18.2 Å². The van der Waals surface area contributed by atoms with Crippen LogP contribution in [0.4, 0.5) is 0 Å². The monoisotopic (exact) mass is 234 g/mol. The first-order valence-corrected chi connectivity index (χ1v) is 5.79. The second-order valence-electron chi connectivity index (χ2n) is 4.57. The minimum Gasteiger partial charge on any atom is -0.349 e. The maximum absolute atomic E-state index is 11.9. The van der Waals surface area contributed by atoms with Gasteiger partial charge in [0.2, 0.25) is 5.91 Å². The van der Waals surface area contributed by atoms with Crippen LogP contribution < -0.4 is 11.1 Å². The van der Waals surface area contributed by atoms with Crippen molar-refractivity contribution in [3.05, 3.63) is 30.1 Å². The van der Waals surface area contributed by atoms with E-state index in [0.29, 0.717) is 6.42 Å². The minimum atomic E-state index is -0.0934. The molecule has 5 heteroatoms. The van der Waals surface area contributed by atoms with Crippen LogP contribution >= 0.6 is 0 Å². The summed E-state index contributed by atoms with van der Waals surface area (Å²) in [7, 11) is 1.86. The number of carbonyl (C=O) groups excluding carboxylic acids is 1. The van der Waals surface area contributed by atoms with Crippen LogP contribution in [0.15, 0.2) is 24.5 Å². The number of hydrogen-bond acceptors (Lipinski definition) is 3. The number of nitrogens with zero attached hydrogens (tertiary/aromatic N) is 2. The van der Waals surface area contributed by atoms with E-state index >= 15 is 0 Å². The number of aromatic nitrogens is 2. The Kier molecular flexibility index (Phi) is 3.28. The first-order valence-electron chi connectivity index (χ1n) is 5.79. The number of rotatable bonds is 3. The number of nitrogens with one attached hydrogen (secondary N) is 1. The molecule has 0 bridgehead atoms. The molecule has 1 amide bonds. The van der Waals surface area contributed by atoms with Gasteiger partial charge in [0.25, 0.3) is 0 Å². The van der Waals surface area contributed by atoms with Gasteiger partial charge in [-0.3, -0.25) is 9.48 Å². The van der Waals surface area contributed by atoms with Crippen molar-refractivity contribution in [1.29, 1.82) is 0 Å². The van der Waals surface area contributed by atoms with Crippen molar-refractivity contribution in [2.24, 2.45) is 18.7 Å². The Balaban J connectivity index is 1.93. The minimum absolute atomic E-state index is 0.0134. The van der Waals surface area contributed by atoms with Crippen molar-refractivity contribution in [2.75, 3.05) is 0 Å². The lowest BCUT2D eigenvalue weighted by Gasteiger charge is -2.15. The topological polar surface area (TPSA) is 72.9 Å². The van der Waals surface area contributed by atoms with Crippen LogP contribution in [0.25, 0.3) is 0 Å². The summed E-state index contributed by atoms with van der Waals surface area (Å²) in [5, 5.41) is 7.06. The van der Waals surface area contributed by atoms with Crippen LogP contribution in [0.1, 0.15) is 24.9 Å². The summed E-state index contributed by atoms with van der Waals surface area (Å²) in [5.74, 6) is -0.0605. The van der Waals surface area contributed by atoms with E-state index < -0.39 is 0 Å². The highest BCUT2D eigenvalue weighted by molar-refractivity contribution is 5.81. The summed E-state index contributed by atoms with van der Waals surface area (Å²) in [5.41, 5.74) is 6.73. The molecule has 1 heterocycles. The van der Waals surface area contributed by atoms with E-state index in [2.05, 4.69) is 10.4 Å². The van der Waals surface area contributed by atoms with Gasteiger partial charge in [-0.05, 0) is 13.3 Å². The third-order valence-corrected chi connectivity index (χ3v) is 3.04. The van der Waals surface area contributed by atoms with Crippen LogP contribution in [-0.4, -0.2) is 21.7 Å². The molecule has 1 aromatic rings. The average molecular weight is 234 g/mol. The molecule has 2 rings (SSSR count). The quantitative estimate of drug-likeness (QED) is 0.748. The fourth-order valence-corrected chi connectivity index (χ4v) is 1.99. The van der Waals surface area contributed by atoms with Gasteiger partial charge in [-0.15, -0.1) is 0 Å².